The zero-order valence-electron chi connectivity index (χ0n) is 9.16. The Hall–Kier alpha value is -1.35. The van der Waals surface area contributed by atoms with E-state index in [1.165, 1.54) is 5.56 Å². The van der Waals surface area contributed by atoms with Crippen LogP contribution in [0, 0.1) is 5.92 Å². The zero-order chi connectivity index (χ0) is 11.0. The van der Waals surface area contributed by atoms with E-state index in [2.05, 4.69) is 5.32 Å². The van der Waals surface area contributed by atoms with Gasteiger partial charge in [-0.1, -0.05) is 0 Å². The second kappa shape index (κ2) is 3.91. The summed E-state index contributed by atoms with van der Waals surface area (Å²) in [4.78, 5) is 12.2. The van der Waals surface area contributed by atoms with E-state index < -0.39 is 0 Å². The van der Waals surface area contributed by atoms with Gasteiger partial charge in [0.05, 0.1) is 6.61 Å². The van der Waals surface area contributed by atoms with E-state index >= 15 is 0 Å². The van der Waals surface area contributed by atoms with Crippen molar-refractivity contribution in [2.45, 2.75) is 12.8 Å². The normalized spacial score (nSPS) is 22.9. The van der Waals surface area contributed by atoms with Crippen LogP contribution in [0.25, 0.3) is 0 Å². The highest BCUT2D eigenvalue weighted by Gasteiger charge is 2.24. The Morgan fingerprint density at radius 1 is 1.44 bits per heavy atom. The van der Waals surface area contributed by atoms with Gasteiger partial charge in [-0.05, 0) is 36.7 Å². The number of benzene rings is 1. The van der Waals surface area contributed by atoms with Crippen LogP contribution in [0.4, 0.5) is 0 Å². The van der Waals surface area contributed by atoms with Gasteiger partial charge in [0, 0.05) is 24.4 Å². The minimum atomic E-state index is 0.167. The van der Waals surface area contributed by atoms with E-state index in [0.29, 0.717) is 0 Å². The van der Waals surface area contributed by atoms with Crippen molar-refractivity contribution in [2.24, 2.45) is 5.92 Å². The lowest BCUT2D eigenvalue weighted by Gasteiger charge is -2.08. The molecule has 0 saturated carbocycles. The van der Waals surface area contributed by atoms with Crippen molar-refractivity contribution >= 4 is 5.78 Å². The molecule has 1 unspecified atom stereocenters. The fraction of sp³-hybridized carbons (Fsp3) is 0.462. The second-order valence-corrected chi connectivity index (χ2v) is 4.47. The summed E-state index contributed by atoms with van der Waals surface area (Å²) in [5.74, 6) is 1.39. The monoisotopic (exact) mass is 217 g/mol. The number of carbonyl (C=O) groups is 1. The number of nitrogens with one attached hydrogen (secondary N) is 1. The predicted octanol–water partition coefficient (Wildman–Crippen LogP) is 1.41. The Kier molecular flexibility index (Phi) is 2.40. The van der Waals surface area contributed by atoms with Gasteiger partial charge in [0.15, 0.2) is 5.78 Å². The molecule has 1 atom stereocenters. The van der Waals surface area contributed by atoms with Gasteiger partial charge in [-0.25, -0.2) is 0 Å². The Labute approximate surface area is 94.8 Å². The fourth-order valence-electron chi connectivity index (χ4n) is 2.45. The van der Waals surface area contributed by atoms with E-state index in [9.17, 15) is 4.79 Å². The van der Waals surface area contributed by atoms with Gasteiger partial charge in [-0.15, -0.1) is 0 Å². The fourth-order valence-corrected chi connectivity index (χ4v) is 2.45. The number of ketones is 1. The summed E-state index contributed by atoms with van der Waals surface area (Å²) in [5, 5.41) is 3.23. The molecule has 2 aliphatic heterocycles. The van der Waals surface area contributed by atoms with Gasteiger partial charge >= 0.3 is 0 Å². The summed E-state index contributed by atoms with van der Waals surface area (Å²) >= 11 is 0. The van der Waals surface area contributed by atoms with E-state index in [1.54, 1.807) is 0 Å². The lowest BCUT2D eigenvalue weighted by atomic mass is 9.95. The summed E-state index contributed by atoms with van der Waals surface area (Å²) < 4.78 is 5.44. The number of hydrogen-bond donors (Lipinski definition) is 1. The highest BCUT2D eigenvalue weighted by Crippen LogP contribution is 2.27. The molecule has 3 heteroatoms. The van der Waals surface area contributed by atoms with Crippen LogP contribution in [-0.4, -0.2) is 25.5 Å². The Morgan fingerprint density at radius 2 is 2.38 bits per heavy atom. The summed E-state index contributed by atoms with van der Waals surface area (Å²) in [6, 6.07) is 5.83. The predicted molar refractivity (Wildman–Crippen MR) is 60.9 cm³/mol. The van der Waals surface area contributed by atoms with Gasteiger partial charge in [-0.3, -0.25) is 4.79 Å². The molecule has 0 radical (unpaired) electrons. The Bertz CT molecular complexity index is 422. The van der Waals surface area contributed by atoms with Crippen LogP contribution >= 0.6 is 0 Å². The first-order valence-electron chi connectivity index (χ1n) is 5.85. The summed E-state index contributed by atoms with van der Waals surface area (Å²) in [5.41, 5.74) is 2.02. The van der Waals surface area contributed by atoms with Gasteiger partial charge in [-0.2, -0.15) is 0 Å². The first-order valence-corrected chi connectivity index (χ1v) is 5.85. The number of hydrogen-bond acceptors (Lipinski definition) is 3. The lowest BCUT2D eigenvalue weighted by Crippen LogP contribution is -2.17. The van der Waals surface area contributed by atoms with Crippen molar-refractivity contribution in [2.75, 3.05) is 19.7 Å². The summed E-state index contributed by atoms with van der Waals surface area (Å²) in [6.07, 6.45) is 1.89. The first-order chi connectivity index (χ1) is 7.84. The van der Waals surface area contributed by atoms with Gasteiger partial charge in [0.1, 0.15) is 5.75 Å². The minimum Gasteiger partial charge on any atom is -0.493 e. The van der Waals surface area contributed by atoms with E-state index in [0.717, 1.165) is 43.9 Å². The molecular formula is C13H15NO2. The number of carbonyl (C=O) groups excluding carboxylic acids is 1. The van der Waals surface area contributed by atoms with Crippen LogP contribution in [0.3, 0.4) is 0 Å². The highest BCUT2D eigenvalue weighted by atomic mass is 16.5. The topological polar surface area (TPSA) is 38.3 Å². The maximum absolute atomic E-state index is 12.2. The molecular weight excluding hydrogens is 202 g/mol. The smallest absolute Gasteiger partial charge is 0.167 e. The maximum Gasteiger partial charge on any atom is 0.167 e. The molecule has 0 amide bonds. The molecule has 1 aromatic carbocycles. The first kappa shape index (κ1) is 9.85. The lowest BCUT2D eigenvalue weighted by molar-refractivity contribution is 0.0930. The van der Waals surface area contributed by atoms with Crippen molar-refractivity contribution in [1.82, 2.24) is 5.32 Å². The number of Topliss-reactive ketones (excluding diaryl/α,β-unsaturated/α-hetero) is 1. The molecule has 1 saturated heterocycles. The van der Waals surface area contributed by atoms with Gasteiger partial charge < -0.3 is 10.1 Å². The molecule has 3 rings (SSSR count). The number of rotatable bonds is 2. The molecule has 84 valence electrons. The van der Waals surface area contributed by atoms with E-state index in [4.69, 9.17) is 4.74 Å². The average Bonchev–Trinajstić information content (AvgIpc) is 2.98. The molecule has 0 bridgehead atoms. The minimum absolute atomic E-state index is 0.167. The highest BCUT2D eigenvalue weighted by molar-refractivity contribution is 5.98. The van der Waals surface area contributed by atoms with Gasteiger partial charge in [0.2, 0.25) is 0 Å². The van der Waals surface area contributed by atoms with Crippen LogP contribution in [0.15, 0.2) is 18.2 Å². The summed E-state index contributed by atoms with van der Waals surface area (Å²) in [7, 11) is 0. The molecule has 3 nitrogen and oxygen atoms in total. The quantitative estimate of drug-likeness (QED) is 0.761. The molecule has 1 aromatic rings. The molecule has 16 heavy (non-hydrogen) atoms. The molecule has 1 fully saturated rings. The standard InChI is InChI=1S/C13H15NO2/c15-13(11-3-5-14-8-11)10-1-2-12-9(7-10)4-6-16-12/h1-2,7,11,14H,3-6,8H2. The maximum atomic E-state index is 12.2. The van der Waals surface area contributed by atoms with Crippen LogP contribution < -0.4 is 10.1 Å². The third kappa shape index (κ3) is 1.61. The van der Waals surface area contributed by atoms with Crippen molar-refractivity contribution in [3.63, 3.8) is 0 Å². The van der Waals surface area contributed by atoms with E-state index in [1.807, 2.05) is 18.2 Å². The van der Waals surface area contributed by atoms with E-state index in [-0.39, 0.29) is 11.7 Å². The molecule has 0 aromatic heterocycles. The number of ether oxygens (including phenoxy) is 1. The third-order valence-electron chi connectivity index (χ3n) is 3.41. The summed E-state index contributed by atoms with van der Waals surface area (Å²) in [6.45, 7) is 2.54. The van der Waals surface area contributed by atoms with Crippen molar-refractivity contribution in [1.29, 1.82) is 0 Å². The number of fused-ring (bicyclic) bond motifs is 1. The van der Waals surface area contributed by atoms with Crippen molar-refractivity contribution < 1.29 is 9.53 Å². The van der Waals surface area contributed by atoms with Crippen molar-refractivity contribution in [3.05, 3.63) is 29.3 Å². The Balaban J connectivity index is 1.86. The molecule has 1 N–H and O–H groups in total. The van der Waals surface area contributed by atoms with Crippen molar-refractivity contribution in [3.8, 4) is 5.75 Å². The molecule has 0 spiro atoms. The SMILES string of the molecule is O=C(c1ccc2c(c1)CCO2)C1CCNC1. The third-order valence-corrected chi connectivity index (χ3v) is 3.41. The Morgan fingerprint density at radius 3 is 3.19 bits per heavy atom. The second-order valence-electron chi connectivity index (χ2n) is 4.47. The van der Waals surface area contributed by atoms with Gasteiger partial charge in [0.25, 0.3) is 0 Å². The van der Waals surface area contributed by atoms with Crippen LogP contribution in [0.1, 0.15) is 22.3 Å². The van der Waals surface area contributed by atoms with Crippen LogP contribution in [0.5, 0.6) is 5.75 Å². The van der Waals surface area contributed by atoms with Crippen LogP contribution in [0.2, 0.25) is 0 Å². The average molecular weight is 217 g/mol. The molecule has 2 aliphatic rings. The van der Waals surface area contributed by atoms with Crippen LogP contribution in [-0.2, 0) is 6.42 Å². The molecule has 2 heterocycles. The molecule has 0 aliphatic carbocycles. The zero-order valence-corrected chi connectivity index (χ0v) is 9.16. The largest absolute Gasteiger partial charge is 0.493 e.